The average molecular weight is 559 g/mol. The third-order valence-electron chi connectivity index (χ3n) is 4.75. The summed E-state index contributed by atoms with van der Waals surface area (Å²) in [6.07, 6.45) is 0.858. The van der Waals surface area contributed by atoms with Gasteiger partial charge < -0.3 is 25.5 Å². The molecule has 0 spiro atoms. The van der Waals surface area contributed by atoms with Gasteiger partial charge in [0.1, 0.15) is 11.6 Å². The quantitative estimate of drug-likeness (QED) is 0.206. The number of hydrogen-bond donors (Lipinski definition) is 3. The highest BCUT2D eigenvalue weighted by atomic mass is 127. The first-order valence-electron chi connectivity index (χ1n) is 10.3. The van der Waals surface area contributed by atoms with Gasteiger partial charge in [-0.25, -0.2) is 4.98 Å². The highest BCUT2D eigenvalue weighted by molar-refractivity contribution is 14.0. The lowest BCUT2D eigenvalue weighted by atomic mass is 10.2. The fraction of sp³-hybridized carbons (Fsp3) is 0.500. The van der Waals surface area contributed by atoms with Crippen LogP contribution in [0.15, 0.2) is 29.3 Å². The molecule has 1 aromatic heterocycles. The number of phenols is 1. The highest BCUT2D eigenvalue weighted by Gasteiger charge is 2.22. The third kappa shape index (κ3) is 7.20. The molecule has 0 radical (unpaired) electrons. The van der Waals surface area contributed by atoms with Crippen molar-refractivity contribution in [1.29, 1.82) is 0 Å². The molecule has 3 N–H and O–H groups in total. The van der Waals surface area contributed by atoms with Crippen LogP contribution in [0.2, 0.25) is 0 Å². The number of benzene rings is 1. The summed E-state index contributed by atoms with van der Waals surface area (Å²) in [5.74, 6) is 1.74. The van der Waals surface area contributed by atoms with Crippen molar-refractivity contribution in [3.63, 3.8) is 0 Å². The zero-order valence-corrected chi connectivity index (χ0v) is 21.0. The Morgan fingerprint density at radius 3 is 2.48 bits per heavy atom. The number of amides is 1. The molecule has 2 aromatic rings. The SMILES string of the molecule is CCNC(=NCCNC(=O)c1ccc(O)cc1)N1CCN(c2nc(CC)ns2)CC1.I. The van der Waals surface area contributed by atoms with Crippen LogP contribution >= 0.6 is 35.5 Å². The largest absolute Gasteiger partial charge is 0.508 e. The molecule has 0 bridgehead atoms. The van der Waals surface area contributed by atoms with Crippen molar-refractivity contribution >= 4 is 52.5 Å². The number of guanidine groups is 1. The number of piperazine rings is 1. The summed E-state index contributed by atoms with van der Waals surface area (Å²) in [6.45, 7) is 9.29. The summed E-state index contributed by atoms with van der Waals surface area (Å²) in [7, 11) is 0. The number of nitrogens with one attached hydrogen (secondary N) is 2. The number of hydrogen-bond acceptors (Lipinski definition) is 7. The van der Waals surface area contributed by atoms with Crippen LogP contribution in [-0.4, -0.2) is 77.0 Å². The number of halogens is 1. The molecule has 1 saturated heterocycles. The second-order valence-corrected chi connectivity index (χ2v) is 7.59. The van der Waals surface area contributed by atoms with E-state index in [-0.39, 0.29) is 35.6 Å². The zero-order chi connectivity index (χ0) is 21.3. The van der Waals surface area contributed by atoms with Crippen molar-refractivity contribution in [2.45, 2.75) is 20.3 Å². The van der Waals surface area contributed by atoms with Gasteiger partial charge in [0.25, 0.3) is 5.91 Å². The number of carbonyl (C=O) groups is 1. The van der Waals surface area contributed by atoms with E-state index in [0.717, 1.165) is 56.1 Å². The Balaban J connectivity index is 0.00000341. The number of anilines is 1. The Hall–Kier alpha value is -2.15. The molecule has 0 saturated carbocycles. The normalized spacial score (nSPS) is 14.2. The van der Waals surface area contributed by atoms with Crippen LogP contribution in [0.5, 0.6) is 5.75 Å². The van der Waals surface area contributed by atoms with Gasteiger partial charge in [-0.1, -0.05) is 6.92 Å². The van der Waals surface area contributed by atoms with Crippen molar-refractivity contribution in [3.05, 3.63) is 35.7 Å². The second-order valence-electron chi connectivity index (χ2n) is 6.86. The van der Waals surface area contributed by atoms with E-state index in [9.17, 15) is 9.90 Å². The molecule has 2 heterocycles. The number of aryl methyl sites for hydroxylation is 1. The van der Waals surface area contributed by atoms with Crippen LogP contribution in [-0.2, 0) is 6.42 Å². The number of aliphatic imine (C=N–C) groups is 1. The second kappa shape index (κ2) is 12.6. The minimum atomic E-state index is -0.174. The molecular weight excluding hydrogens is 529 g/mol. The lowest BCUT2D eigenvalue weighted by Gasteiger charge is -2.36. The number of carbonyl (C=O) groups excluding carboxylic acids is 1. The van der Waals surface area contributed by atoms with E-state index in [2.05, 4.69) is 41.7 Å². The topological polar surface area (TPSA) is 106 Å². The van der Waals surface area contributed by atoms with Crippen LogP contribution in [0.1, 0.15) is 30.0 Å². The van der Waals surface area contributed by atoms with Gasteiger partial charge in [0.15, 0.2) is 5.96 Å². The van der Waals surface area contributed by atoms with Crippen molar-refractivity contribution in [3.8, 4) is 5.75 Å². The Morgan fingerprint density at radius 2 is 1.87 bits per heavy atom. The number of phenolic OH excluding ortho intramolecular Hbond substituents is 1. The Labute approximate surface area is 204 Å². The Bertz CT molecular complexity index is 851. The van der Waals surface area contributed by atoms with E-state index in [0.29, 0.717) is 18.7 Å². The average Bonchev–Trinajstić information content (AvgIpc) is 3.26. The minimum Gasteiger partial charge on any atom is -0.508 e. The highest BCUT2D eigenvalue weighted by Crippen LogP contribution is 2.19. The molecule has 0 aliphatic carbocycles. The van der Waals surface area contributed by atoms with Crippen LogP contribution in [0.4, 0.5) is 5.13 Å². The predicted octanol–water partition coefficient (Wildman–Crippen LogP) is 1.94. The molecule has 1 aliphatic rings. The molecular formula is C20H30IN7O2S. The van der Waals surface area contributed by atoms with E-state index < -0.39 is 0 Å². The molecule has 1 fully saturated rings. The third-order valence-corrected chi connectivity index (χ3v) is 5.56. The lowest BCUT2D eigenvalue weighted by molar-refractivity contribution is 0.0954. The van der Waals surface area contributed by atoms with Gasteiger partial charge in [0, 0.05) is 62.8 Å². The molecule has 11 heteroatoms. The zero-order valence-electron chi connectivity index (χ0n) is 17.9. The van der Waals surface area contributed by atoms with Gasteiger partial charge in [-0.05, 0) is 31.2 Å². The maximum Gasteiger partial charge on any atom is 0.251 e. The summed E-state index contributed by atoms with van der Waals surface area (Å²) in [5.41, 5.74) is 0.516. The first-order valence-corrected chi connectivity index (χ1v) is 11.1. The molecule has 1 aromatic carbocycles. The molecule has 0 atom stereocenters. The summed E-state index contributed by atoms with van der Waals surface area (Å²) in [4.78, 5) is 25.9. The fourth-order valence-electron chi connectivity index (χ4n) is 3.10. The summed E-state index contributed by atoms with van der Waals surface area (Å²) in [5, 5.41) is 16.5. The molecule has 1 aliphatic heterocycles. The number of aromatic hydroxyl groups is 1. The summed E-state index contributed by atoms with van der Waals surface area (Å²) >= 11 is 1.47. The van der Waals surface area contributed by atoms with Crippen molar-refractivity contribution < 1.29 is 9.90 Å². The van der Waals surface area contributed by atoms with Crippen LogP contribution in [0.3, 0.4) is 0 Å². The summed E-state index contributed by atoms with van der Waals surface area (Å²) in [6, 6.07) is 6.19. The van der Waals surface area contributed by atoms with Crippen LogP contribution in [0.25, 0.3) is 0 Å². The molecule has 9 nitrogen and oxygen atoms in total. The molecule has 0 unspecified atom stereocenters. The van der Waals surface area contributed by atoms with Gasteiger partial charge in [-0.15, -0.1) is 24.0 Å². The van der Waals surface area contributed by atoms with E-state index >= 15 is 0 Å². The van der Waals surface area contributed by atoms with Gasteiger partial charge in [-0.3, -0.25) is 9.79 Å². The van der Waals surface area contributed by atoms with Crippen LogP contribution in [0, 0.1) is 0 Å². The van der Waals surface area contributed by atoms with Crippen molar-refractivity contribution in [2.75, 3.05) is 50.7 Å². The van der Waals surface area contributed by atoms with Gasteiger partial charge in [0.05, 0.1) is 6.54 Å². The molecule has 3 rings (SSSR count). The van der Waals surface area contributed by atoms with E-state index in [4.69, 9.17) is 0 Å². The van der Waals surface area contributed by atoms with Gasteiger partial charge >= 0.3 is 0 Å². The van der Waals surface area contributed by atoms with E-state index in [1.165, 1.54) is 23.7 Å². The number of nitrogens with zero attached hydrogens (tertiary/aromatic N) is 5. The van der Waals surface area contributed by atoms with Crippen molar-refractivity contribution in [2.24, 2.45) is 4.99 Å². The predicted molar refractivity (Wildman–Crippen MR) is 135 cm³/mol. The molecule has 1 amide bonds. The maximum absolute atomic E-state index is 12.1. The minimum absolute atomic E-state index is 0. The molecule has 170 valence electrons. The first kappa shape index (κ1) is 25.1. The molecule has 31 heavy (non-hydrogen) atoms. The monoisotopic (exact) mass is 559 g/mol. The van der Waals surface area contributed by atoms with Gasteiger partial charge in [0.2, 0.25) is 5.13 Å². The van der Waals surface area contributed by atoms with Crippen LogP contribution < -0.4 is 15.5 Å². The number of rotatable bonds is 7. The van der Waals surface area contributed by atoms with Crippen molar-refractivity contribution in [1.82, 2.24) is 24.9 Å². The first-order chi connectivity index (χ1) is 14.6. The van der Waals surface area contributed by atoms with E-state index in [1.807, 2.05) is 6.92 Å². The lowest BCUT2D eigenvalue weighted by Crippen LogP contribution is -2.52. The smallest absolute Gasteiger partial charge is 0.251 e. The maximum atomic E-state index is 12.1. The standard InChI is InChI=1S/C20H29N7O2S.HI/c1-3-17-24-20(30-25-17)27-13-11-26(12-14-27)19(21-4-2)23-10-9-22-18(29)15-5-7-16(28)8-6-15;/h5-8,28H,3-4,9-14H2,1-2H3,(H,21,23)(H,22,29);1H. The van der Waals surface area contributed by atoms with Gasteiger partial charge in [-0.2, -0.15) is 4.37 Å². The summed E-state index contributed by atoms with van der Waals surface area (Å²) < 4.78 is 4.38. The Morgan fingerprint density at radius 1 is 1.16 bits per heavy atom. The fourth-order valence-corrected chi connectivity index (χ4v) is 3.90. The van der Waals surface area contributed by atoms with E-state index in [1.54, 1.807) is 12.1 Å². The Kier molecular flexibility index (Phi) is 10.2. The number of aromatic nitrogens is 2.